The highest BCUT2D eigenvalue weighted by Gasteiger charge is 2.13. The number of ether oxygens (including phenoxy) is 2. The number of nitrogen functional groups attached to an aromatic ring is 1. The van der Waals surface area contributed by atoms with E-state index in [2.05, 4.69) is 20.6 Å². The van der Waals surface area contributed by atoms with Crippen LogP contribution >= 0.6 is 11.6 Å². The van der Waals surface area contributed by atoms with E-state index in [9.17, 15) is 0 Å². The van der Waals surface area contributed by atoms with Gasteiger partial charge in [-0.15, -0.1) is 0 Å². The zero-order chi connectivity index (χ0) is 18.6. The number of rotatable bonds is 6. The van der Waals surface area contributed by atoms with E-state index in [1.807, 2.05) is 42.5 Å². The summed E-state index contributed by atoms with van der Waals surface area (Å²) in [6, 6.07) is 13.4. The first-order valence-corrected chi connectivity index (χ1v) is 8.78. The van der Waals surface area contributed by atoms with Crippen molar-refractivity contribution in [3.63, 3.8) is 0 Å². The van der Waals surface area contributed by atoms with Crippen molar-refractivity contribution in [3.05, 3.63) is 64.9 Å². The fourth-order valence-electron chi connectivity index (χ4n) is 2.70. The molecule has 0 saturated carbocycles. The lowest BCUT2D eigenvalue weighted by Gasteiger charge is -2.13. The molecule has 0 amide bonds. The zero-order valence-corrected chi connectivity index (χ0v) is 15.2. The Labute approximate surface area is 161 Å². The van der Waals surface area contributed by atoms with Crippen LogP contribution < -0.4 is 25.8 Å². The third-order valence-electron chi connectivity index (χ3n) is 4.15. The minimum absolute atomic E-state index is 0.258. The molecule has 1 aromatic heterocycles. The fourth-order valence-corrected chi connectivity index (χ4v) is 2.83. The van der Waals surface area contributed by atoms with Crippen molar-refractivity contribution in [3.8, 4) is 11.5 Å². The SMILES string of the molecule is Nc1c(NCc2ccc(Cl)cc2)ncnc1NCc1ccc2c(c1)OCO2. The molecule has 0 bridgehead atoms. The molecule has 1 aliphatic rings. The molecule has 1 aliphatic heterocycles. The average molecular weight is 384 g/mol. The summed E-state index contributed by atoms with van der Waals surface area (Å²) in [7, 11) is 0. The molecule has 27 heavy (non-hydrogen) atoms. The lowest BCUT2D eigenvalue weighted by molar-refractivity contribution is 0.174. The first-order valence-electron chi connectivity index (χ1n) is 8.40. The summed E-state index contributed by atoms with van der Waals surface area (Å²) in [6.45, 7) is 1.39. The smallest absolute Gasteiger partial charge is 0.231 e. The van der Waals surface area contributed by atoms with Crippen LogP contribution in [0.4, 0.5) is 17.3 Å². The lowest BCUT2D eigenvalue weighted by Crippen LogP contribution is -2.10. The van der Waals surface area contributed by atoms with Gasteiger partial charge in [0.05, 0.1) is 0 Å². The van der Waals surface area contributed by atoms with Gasteiger partial charge in [0.15, 0.2) is 23.1 Å². The van der Waals surface area contributed by atoms with Crippen LogP contribution in [0.25, 0.3) is 0 Å². The van der Waals surface area contributed by atoms with Gasteiger partial charge in [-0.25, -0.2) is 9.97 Å². The van der Waals surface area contributed by atoms with Crippen LogP contribution in [0.15, 0.2) is 48.8 Å². The quantitative estimate of drug-likeness (QED) is 0.597. The molecule has 4 N–H and O–H groups in total. The van der Waals surface area contributed by atoms with E-state index in [1.165, 1.54) is 6.33 Å². The number of hydrogen-bond donors (Lipinski definition) is 3. The molecule has 0 saturated heterocycles. The van der Waals surface area contributed by atoms with Crippen molar-refractivity contribution in [1.82, 2.24) is 9.97 Å². The Kier molecular flexibility index (Phi) is 4.84. The molecule has 0 atom stereocenters. The molecule has 0 radical (unpaired) electrons. The van der Waals surface area contributed by atoms with E-state index in [1.54, 1.807) is 0 Å². The molecule has 8 heteroatoms. The number of anilines is 3. The van der Waals surface area contributed by atoms with Gasteiger partial charge in [-0.2, -0.15) is 0 Å². The largest absolute Gasteiger partial charge is 0.454 e. The molecule has 4 rings (SSSR count). The maximum Gasteiger partial charge on any atom is 0.231 e. The monoisotopic (exact) mass is 383 g/mol. The maximum absolute atomic E-state index is 6.21. The van der Waals surface area contributed by atoms with E-state index in [-0.39, 0.29) is 6.79 Å². The lowest BCUT2D eigenvalue weighted by atomic mass is 10.2. The molecule has 7 nitrogen and oxygen atoms in total. The topological polar surface area (TPSA) is 94.3 Å². The molecule has 2 aromatic carbocycles. The summed E-state index contributed by atoms with van der Waals surface area (Å²) in [5.41, 5.74) is 8.79. The second-order valence-corrected chi connectivity index (χ2v) is 6.44. The van der Waals surface area contributed by atoms with E-state index >= 15 is 0 Å². The number of nitrogens with two attached hydrogens (primary N) is 1. The molecule has 0 spiro atoms. The first kappa shape index (κ1) is 17.2. The van der Waals surface area contributed by atoms with Crippen molar-refractivity contribution in [1.29, 1.82) is 0 Å². The minimum Gasteiger partial charge on any atom is -0.454 e. The normalized spacial score (nSPS) is 12.0. The summed E-state index contributed by atoms with van der Waals surface area (Å²) in [4.78, 5) is 8.46. The molecular formula is C19H18ClN5O2. The molecular weight excluding hydrogens is 366 g/mol. The highest BCUT2D eigenvalue weighted by Crippen LogP contribution is 2.33. The Hall–Kier alpha value is -3.19. The van der Waals surface area contributed by atoms with Gasteiger partial charge in [-0.3, -0.25) is 0 Å². The van der Waals surface area contributed by atoms with Gasteiger partial charge in [0.2, 0.25) is 6.79 Å². The van der Waals surface area contributed by atoms with E-state index < -0.39 is 0 Å². The van der Waals surface area contributed by atoms with Gasteiger partial charge in [-0.05, 0) is 35.4 Å². The third kappa shape index (κ3) is 3.98. The van der Waals surface area contributed by atoms with Crippen LogP contribution in [-0.4, -0.2) is 16.8 Å². The van der Waals surface area contributed by atoms with Crippen molar-refractivity contribution in [2.24, 2.45) is 0 Å². The standard InChI is InChI=1S/C19H18ClN5O2/c20-14-4-1-12(2-5-14)8-22-18-17(21)19(25-10-24-18)23-9-13-3-6-15-16(7-13)27-11-26-15/h1-7,10H,8-9,11,21H2,(H2,22,23,24,25). The summed E-state index contributed by atoms with van der Waals surface area (Å²) in [6.07, 6.45) is 1.47. The van der Waals surface area contributed by atoms with Crippen LogP contribution in [0.5, 0.6) is 11.5 Å². The summed E-state index contributed by atoms with van der Waals surface area (Å²) in [5, 5.41) is 7.17. The second kappa shape index (κ2) is 7.59. The Morgan fingerprint density at radius 2 is 1.52 bits per heavy atom. The Morgan fingerprint density at radius 3 is 2.26 bits per heavy atom. The van der Waals surface area contributed by atoms with Crippen molar-refractivity contribution < 1.29 is 9.47 Å². The zero-order valence-electron chi connectivity index (χ0n) is 14.4. The Morgan fingerprint density at radius 1 is 0.889 bits per heavy atom. The van der Waals surface area contributed by atoms with Gasteiger partial charge in [0.1, 0.15) is 12.0 Å². The Bertz CT molecular complexity index is 949. The number of nitrogens with zero attached hydrogens (tertiary/aromatic N) is 2. The molecule has 2 heterocycles. The number of halogens is 1. The van der Waals surface area contributed by atoms with Gasteiger partial charge >= 0.3 is 0 Å². The van der Waals surface area contributed by atoms with Crippen LogP contribution in [-0.2, 0) is 13.1 Å². The predicted octanol–water partition coefficient (Wildman–Crippen LogP) is 3.67. The number of nitrogens with one attached hydrogen (secondary N) is 2. The highest BCUT2D eigenvalue weighted by molar-refractivity contribution is 6.30. The molecule has 138 valence electrons. The molecule has 0 fully saturated rings. The first-order chi connectivity index (χ1) is 13.2. The van der Waals surface area contributed by atoms with Gasteiger partial charge in [0, 0.05) is 18.1 Å². The predicted molar refractivity (Wildman–Crippen MR) is 105 cm³/mol. The number of benzene rings is 2. The number of fused-ring (bicyclic) bond motifs is 1. The second-order valence-electron chi connectivity index (χ2n) is 6.01. The number of hydrogen-bond acceptors (Lipinski definition) is 7. The molecule has 3 aromatic rings. The summed E-state index contributed by atoms with van der Waals surface area (Å²) >= 11 is 5.91. The minimum atomic E-state index is 0.258. The van der Waals surface area contributed by atoms with Crippen molar-refractivity contribution in [2.75, 3.05) is 23.2 Å². The summed E-state index contributed by atoms with van der Waals surface area (Å²) < 4.78 is 10.7. The molecule has 0 aliphatic carbocycles. The van der Waals surface area contributed by atoms with Crippen molar-refractivity contribution >= 4 is 28.9 Å². The van der Waals surface area contributed by atoms with Crippen LogP contribution in [0.3, 0.4) is 0 Å². The molecule has 0 unspecified atom stereocenters. The van der Waals surface area contributed by atoms with Crippen LogP contribution in [0.1, 0.15) is 11.1 Å². The van der Waals surface area contributed by atoms with Crippen LogP contribution in [0, 0.1) is 0 Å². The maximum atomic E-state index is 6.21. The van der Waals surface area contributed by atoms with Gasteiger partial charge < -0.3 is 25.8 Å². The van der Waals surface area contributed by atoms with E-state index in [4.69, 9.17) is 26.8 Å². The average Bonchev–Trinajstić information content (AvgIpc) is 3.15. The third-order valence-corrected chi connectivity index (χ3v) is 4.41. The fraction of sp³-hybridized carbons (Fsp3) is 0.158. The summed E-state index contributed by atoms with van der Waals surface area (Å²) in [5.74, 6) is 2.65. The van der Waals surface area contributed by atoms with Crippen molar-refractivity contribution in [2.45, 2.75) is 13.1 Å². The number of aromatic nitrogens is 2. The van der Waals surface area contributed by atoms with E-state index in [0.29, 0.717) is 35.4 Å². The van der Waals surface area contributed by atoms with Gasteiger partial charge in [-0.1, -0.05) is 29.8 Å². The van der Waals surface area contributed by atoms with Gasteiger partial charge in [0.25, 0.3) is 0 Å². The Balaban J connectivity index is 1.41. The highest BCUT2D eigenvalue weighted by atomic mass is 35.5. The van der Waals surface area contributed by atoms with E-state index in [0.717, 1.165) is 22.6 Å². The van der Waals surface area contributed by atoms with Crippen LogP contribution in [0.2, 0.25) is 5.02 Å².